The summed E-state index contributed by atoms with van der Waals surface area (Å²) in [7, 11) is -4.31. The lowest BCUT2D eigenvalue weighted by Gasteiger charge is -2.35. The van der Waals surface area contributed by atoms with Crippen LogP contribution in [0, 0.1) is 5.82 Å². The van der Waals surface area contributed by atoms with Gasteiger partial charge in [-0.3, -0.25) is 14.1 Å². The quantitative estimate of drug-likeness (QED) is 0.420. The van der Waals surface area contributed by atoms with Gasteiger partial charge in [0.1, 0.15) is 23.4 Å². The smallest absolute Gasteiger partial charge is 0.387 e. The number of hydrogen-bond acceptors (Lipinski definition) is 6. The van der Waals surface area contributed by atoms with Crippen LogP contribution in [0.1, 0.15) is 24.1 Å². The third-order valence-electron chi connectivity index (χ3n) is 5.43. The molecule has 4 rings (SSSR count). The van der Waals surface area contributed by atoms with Crippen molar-refractivity contribution >= 4 is 33.8 Å². The number of pyridine rings is 1. The van der Waals surface area contributed by atoms with E-state index in [1.807, 2.05) is 0 Å². The van der Waals surface area contributed by atoms with Crippen LogP contribution in [-0.2, 0) is 14.8 Å². The molecule has 0 amide bonds. The predicted molar refractivity (Wildman–Crippen MR) is 128 cm³/mol. The van der Waals surface area contributed by atoms with Gasteiger partial charge in [-0.25, -0.2) is 12.8 Å². The number of ether oxygens (including phenoxy) is 2. The first-order valence-electron chi connectivity index (χ1n) is 11.0. The molecule has 0 bridgehead atoms. The molecule has 1 atom stereocenters. The van der Waals surface area contributed by atoms with E-state index in [-0.39, 0.29) is 47.2 Å². The molecule has 0 aliphatic carbocycles. The van der Waals surface area contributed by atoms with Crippen molar-refractivity contribution in [3.05, 3.63) is 77.9 Å². The van der Waals surface area contributed by atoms with Gasteiger partial charge >= 0.3 is 12.6 Å². The molecule has 1 aromatic heterocycles. The first kappa shape index (κ1) is 26.0. The molecule has 194 valence electrons. The molecule has 0 fully saturated rings. The molecule has 12 heteroatoms. The van der Waals surface area contributed by atoms with Crippen molar-refractivity contribution in [2.75, 3.05) is 10.8 Å². The lowest BCUT2D eigenvalue weighted by molar-refractivity contribution is -0.137. The van der Waals surface area contributed by atoms with Gasteiger partial charge in [-0.2, -0.15) is 8.78 Å². The molecule has 8 nitrogen and oxygen atoms in total. The predicted octanol–water partition coefficient (Wildman–Crippen LogP) is 4.81. The molecule has 0 saturated heterocycles. The van der Waals surface area contributed by atoms with Gasteiger partial charge in [-0.1, -0.05) is 18.2 Å². The summed E-state index contributed by atoms with van der Waals surface area (Å²) in [6.07, 6.45) is 3.42. The number of benzene rings is 2. The molecular weight excluding hydrogens is 513 g/mol. The third-order valence-corrected chi connectivity index (χ3v) is 7.21. The first-order valence-corrected chi connectivity index (χ1v) is 12.5. The number of hydrogen-bond donors (Lipinski definition) is 1. The Morgan fingerprint density at radius 1 is 1.19 bits per heavy atom. The van der Waals surface area contributed by atoms with Gasteiger partial charge in [0.2, 0.25) is 0 Å². The maximum Gasteiger partial charge on any atom is 0.387 e. The molecule has 0 saturated carbocycles. The van der Waals surface area contributed by atoms with Crippen molar-refractivity contribution in [3.63, 3.8) is 0 Å². The molecule has 3 aromatic rings. The topological polar surface area (TPSA) is 106 Å². The highest BCUT2D eigenvalue weighted by Gasteiger charge is 2.35. The fraction of sp³-hybridized carbons (Fsp3) is 0.200. The fourth-order valence-corrected chi connectivity index (χ4v) is 5.26. The number of nitrogens with zero attached hydrogens (tertiary/aromatic N) is 2. The number of anilines is 1. The highest BCUT2D eigenvalue weighted by Crippen LogP contribution is 2.39. The third kappa shape index (κ3) is 6.20. The summed E-state index contributed by atoms with van der Waals surface area (Å²) in [5.41, 5.74) is 0.743. The van der Waals surface area contributed by atoms with Crippen molar-refractivity contribution in [3.8, 4) is 11.5 Å². The standard InChI is InChI=1S/C25H21F3N2O6S/c26-20-5-2-12-29-21(20)9-6-16-7-10-23-22(13-16)30(15-18(35-23)8-11-24(31)32)37(33,34)19-4-1-3-17(14-19)36-25(27)28/h1-7,9-10,12-14,18,25H,8,11,15H2,(H,31,32)/b9-6+/t18-/m0/s1. The van der Waals surface area contributed by atoms with Crippen LogP contribution in [0.2, 0.25) is 0 Å². The van der Waals surface area contributed by atoms with Crippen LogP contribution in [0.4, 0.5) is 18.9 Å². The van der Waals surface area contributed by atoms with E-state index in [4.69, 9.17) is 9.84 Å². The Hall–Kier alpha value is -4.06. The SMILES string of the molecule is O=C(O)CC[C@H]1CN(S(=O)(=O)c2cccc(OC(F)F)c2)c2cc(/C=C/c3ncccc3F)ccc2O1. The summed E-state index contributed by atoms with van der Waals surface area (Å²) < 4.78 is 77.8. The van der Waals surface area contributed by atoms with E-state index in [9.17, 15) is 26.4 Å². The van der Waals surface area contributed by atoms with Crippen LogP contribution < -0.4 is 13.8 Å². The maximum absolute atomic E-state index is 13.9. The summed E-state index contributed by atoms with van der Waals surface area (Å²) >= 11 is 0. The van der Waals surface area contributed by atoms with E-state index in [0.29, 0.717) is 5.56 Å². The Morgan fingerprint density at radius 2 is 2.00 bits per heavy atom. The molecule has 0 spiro atoms. The highest BCUT2D eigenvalue weighted by molar-refractivity contribution is 7.92. The minimum atomic E-state index is -4.31. The molecule has 1 N–H and O–H groups in total. The zero-order chi connectivity index (χ0) is 26.6. The van der Waals surface area contributed by atoms with Gasteiger partial charge in [0, 0.05) is 18.7 Å². The van der Waals surface area contributed by atoms with Crippen LogP contribution in [-0.4, -0.2) is 43.7 Å². The lowest BCUT2D eigenvalue weighted by Crippen LogP contribution is -2.43. The molecular formula is C25H21F3N2O6S. The lowest BCUT2D eigenvalue weighted by atomic mass is 10.1. The minimum Gasteiger partial charge on any atom is -0.486 e. The Labute approximate surface area is 210 Å². The first-order chi connectivity index (χ1) is 17.6. The number of carboxylic acid groups (broad SMARTS) is 1. The van der Waals surface area contributed by atoms with Crippen LogP contribution in [0.3, 0.4) is 0 Å². The second kappa shape index (κ2) is 10.9. The molecule has 2 heterocycles. The number of carboxylic acids is 1. The van der Waals surface area contributed by atoms with Crippen LogP contribution in [0.5, 0.6) is 11.5 Å². The second-order valence-electron chi connectivity index (χ2n) is 7.99. The second-order valence-corrected chi connectivity index (χ2v) is 9.86. The van der Waals surface area contributed by atoms with Gasteiger partial charge in [0.15, 0.2) is 0 Å². The Bertz CT molecular complexity index is 1430. The summed E-state index contributed by atoms with van der Waals surface area (Å²) in [6, 6.07) is 12.1. The molecule has 1 aliphatic rings. The van der Waals surface area contributed by atoms with Crippen LogP contribution in [0.25, 0.3) is 12.2 Å². The van der Waals surface area contributed by atoms with Crippen molar-refractivity contribution in [1.82, 2.24) is 4.98 Å². The normalized spacial score (nSPS) is 15.5. The molecule has 0 unspecified atom stereocenters. The monoisotopic (exact) mass is 534 g/mol. The number of carbonyl (C=O) groups is 1. The van der Waals surface area contributed by atoms with Gasteiger partial charge in [-0.15, -0.1) is 0 Å². The maximum atomic E-state index is 13.9. The number of halogens is 3. The molecule has 0 radical (unpaired) electrons. The van der Waals surface area contributed by atoms with E-state index < -0.39 is 34.5 Å². The molecule has 37 heavy (non-hydrogen) atoms. The van der Waals surface area contributed by atoms with Crippen molar-refractivity contribution in [2.24, 2.45) is 0 Å². The summed E-state index contributed by atoms with van der Waals surface area (Å²) in [6.45, 7) is -3.36. The number of aromatic nitrogens is 1. The van der Waals surface area contributed by atoms with Crippen LogP contribution in [0.15, 0.2) is 65.7 Å². The van der Waals surface area contributed by atoms with E-state index in [1.165, 1.54) is 54.7 Å². The average Bonchev–Trinajstić information content (AvgIpc) is 2.86. The zero-order valence-electron chi connectivity index (χ0n) is 19.1. The van der Waals surface area contributed by atoms with E-state index in [2.05, 4.69) is 9.72 Å². The zero-order valence-corrected chi connectivity index (χ0v) is 19.9. The minimum absolute atomic E-state index is 0.0376. The summed E-state index contributed by atoms with van der Waals surface area (Å²) in [4.78, 5) is 14.7. The highest BCUT2D eigenvalue weighted by atomic mass is 32.2. The Balaban J connectivity index is 1.73. The van der Waals surface area contributed by atoms with Gasteiger partial charge in [0.05, 0.1) is 22.8 Å². The number of sulfonamides is 1. The van der Waals surface area contributed by atoms with Gasteiger partial charge in [0.25, 0.3) is 10.0 Å². The molecule has 1 aliphatic heterocycles. The summed E-state index contributed by atoms with van der Waals surface area (Å²) in [5, 5.41) is 9.05. The van der Waals surface area contributed by atoms with Crippen LogP contribution >= 0.6 is 0 Å². The molecule has 2 aromatic carbocycles. The van der Waals surface area contributed by atoms with Crippen molar-refractivity contribution in [1.29, 1.82) is 0 Å². The van der Waals surface area contributed by atoms with E-state index in [0.717, 1.165) is 10.4 Å². The number of aliphatic carboxylic acids is 1. The Morgan fingerprint density at radius 3 is 2.73 bits per heavy atom. The van der Waals surface area contributed by atoms with E-state index in [1.54, 1.807) is 12.1 Å². The van der Waals surface area contributed by atoms with Crippen molar-refractivity contribution in [2.45, 2.75) is 30.5 Å². The fourth-order valence-electron chi connectivity index (χ4n) is 3.73. The number of rotatable bonds is 9. The van der Waals surface area contributed by atoms with E-state index >= 15 is 0 Å². The van der Waals surface area contributed by atoms with Gasteiger partial charge < -0.3 is 14.6 Å². The Kier molecular flexibility index (Phi) is 7.67. The average molecular weight is 535 g/mol. The number of alkyl halides is 2. The largest absolute Gasteiger partial charge is 0.486 e. The van der Waals surface area contributed by atoms with Gasteiger partial charge in [-0.05, 0) is 54.5 Å². The van der Waals surface area contributed by atoms with Crippen molar-refractivity contribution < 1.29 is 41.0 Å². The summed E-state index contributed by atoms with van der Waals surface area (Å²) in [5.74, 6) is -1.74. The number of fused-ring (bicyclic) bond motifs is 1.